The highest BCUT2D eigenvalue weighted by molar-refractivity contribution is 6.18. The normalized spacial score (nSPS) is 27.8. The van der Waals surface area contributed by atoms with Crippen LogP contribution in [0, 0.1) is 5.92 Å². The van der Waals surface area contributed by atoms with Gasteiger partial charge in [0.1, 0.15) is 5.82 Å². The highest BCUT2D eigenvalue weighted by Gasteiger charge is 2.34. The Hall–Kier alpha value is -1.03. The van der Waals surface area contributed by atoms with Crippen LogP contribution in [0.5, 0.6) is 5.88 Å². The lowest BCUT2D eigenvalue weighted by Gasteiger charge is -2.39. The van der Waals surface area contributed by atoms with Gasteiger partial charge in [0.05, 0.1) is 25.0 Å². The average molecular weight is 270 g/mol. The van der Waals surface area contributed by atoms with E-state index in [1.165, 1.54) is 12.8 Å². The first-order valence-corrected chi connectivity index (χ1v) is 6.91. The second kappa shape index (κ2) is 5.74. The van der Waals surface area contributed by atoms with Gasteiger partial charge in [-0.2, -0.15) is 4.98 Å². The summed E-state index contributed by atoms with van der Waals surface area (Å²) in [5.41, 5.74) is -0.0553. The van der Waals surface area contributed by atoms with Crippen LogP contribution in [0.4, 0.5) is 5.82 Å². The molecule has 1 aromatic rings. The number of methoxy groups -OCH3 is 1. The summed E-state index contributed by atoms with van der Waals surface area (Å²) in [6.07, 6.45) is 7.97. The van der Waals surface area contributed by atoms with Crippen LogP contribution in [-0.2, 0) is 0 Å². The van der Waals surface area contributed by atoms with Crippen LogP contribution in [0.15, 0.2) is 12.4 Å². The van der Waals surface area contributed by atoms with Crippen LogP contribution < -0.4 is 10.1 Å². The standard InChI is InChI=1S/C13H20ClN3O/c1-10-4-3-5-13(6-10,9-14)17-11-7-15-8-12(16-11)18-2/h7-8,10H,3-6,9H2,1-2H3,(H,16,17). The van der Waals surface area contributed by atoms with Crippen molar-refractivity contribution in [3.05, 3.63) is 12.4 Å². The van der Waals surface area contributed by atoms with Crippen LogP contribution in [-0.4, -0.2) is 28.5 Å². The molecule has 18 heavy (non-hydrogen) atoms. The van der Waals surface area contributed by atoms with Gasteiger partial charge in [0.25, 0.3) is 0 Å². The number of anilines is 1. The first-order valence-electron chi connectivity index (χ1n) is 6.38. The van der Waals surface area contributed by atoms with Gasteiger partial charge in [-0.3, -0.25) is 4.98 Å². The molecule has 1 aliphatic carbocycles. The Balaban J connectivity index is 2.13. The lowest BCUT2D eigenvalue weighted by molar-refractivity contribution is 0.278. The Labute approximate surface area is 113 Å². The van der Waals surface area contributed by atoms with E-state index in [1.54, 1.807) is 19.5 Å². The predicted molar refractivity (Wildman–Crippen MR) is 73.3 cm³/mol. The van der Waals surface area contributed by atoms with E-state index in [2.05, 4.69) is 22.2 Å². The van der Waals surface area contributed by atoms with E-state index >= 15 is 0 Å². The average Bonchev–Trinajstić information content (AvgIpc) is 2.39. The maximum absolute atomic E-state index is 6.18. The summed E-state index contributed by atoms with van der Waals surface area (Å²) in [6, 6.07) is 0. The molecule has 2 unspecified atom stereocenters. The minimum absolute atomic E-state index is 0.0553. The van der Waals surface area contributed by atoms with Gasteiger partial charge in [-0.1, -0.05) is 19.8 Å². The lowest BCUT2D eigenvalue weighted by atomic mass is 9.77. The summed E-state index contributed by atoms with van der Waals surface area (Å²) in [6.45, 7) is 2.28. The molecular formula is C13H20ClN3O. The molecule has 0 radical (unpaired) electrons. The highest BCUT2D eigenvalue weighted by atomic mass is 35.5. The summed E-state index contributed by atoms with van der Waals surface area (Å²) in [5, 5.41) is 3.46. The van der Waals surface area contributed by atoms with Crippen molar-refractivity contribution in [1.29, 1.82) is 0 Å². The molecule has 1 N–H and O–H groups in total. The minimum atomic E-state index is -0.0553. The number of nitrogens with zero attached hydrogens (tertiary/aromatic N) is 2. The molecule has 5 heteroatoms. The number of nitrogens with one attached hydrogen (secondary N) is 1. The highest BCUT2D eigenvalue weighted by Crippen LogP contribution is 2.35. The fraction of sp³-hybridized carbons (Fsp3) is 0.692. The fourth-order valence-electron chi connectivity index (χ4n) is 2.71. The summed E-state index contributed by atoms with van der Waals surface area (Å²) < 4.78 is 5.09. The molecule has 2 rings (SSSR count). The van der Waals surface area contributed by atoms with Gasteiger partial charge in [-0.25, -0.2) is 0 Å². The topological polar surface area (TPSA) is 47.0 Å². The molecule has 1 heterocycles. The first-order chi connectivity index (χ1) is 8.67. The monoisotopic (exact) mass is 269 g/mol. The second-order valence-electron chi connectivity index (χ2n) is 5.19. The van der Waals surface area contributed by atoms with Gasteiger partial charge < -0.3 is 10.1 Å². The van der Waals surface area contributed by atoms with E-state index in [9.17, 15) is 0 Å². The Morgan fingerprint density at radius 1 is 1.56 bits per heavy atom. The third-order valence-corrected chi connectivity index (χ3v) is 4.07. The Kier molecular flexibility index (Phi) is 4.27. The molecule has 1 saturated carbocycles. The van der Waals surface area contributed by atoms with Gasteiger partial charge in [0, 0.05) is 5.88 Å². The molecule has 1 aliphatic rings. The maximum Gasteiger partial charge on any atom is 0.233 e. The van der Waals surface area contributed by atoms with Crippen molar-refractivity contribution >= 4 is 17.4 Å². The predicted octanol–water partition coefficient (Wildman–Crippen LogP) is 3.08. The lowest BCUT2D eigenvalue weighted by Crippen LogP contribution is -2.44. The van der Waals surface area contributed by atoms with Gasteiger partial charge in [-0.05, 0) is 18.8 Å². The van der Waals surface area contributed by atoms with Gasteiger partial charge in [0.2, 0.25) is 5.88 Å². The first kappa shape index (κ1) is 13.4. The summed E-state index contributed by atoms with van der Waals surface area (Å²) >= 11 is 6.18. The zero-order valence-corrected chi connectivity index (χ0v) is 11.7. The smallest absolute Gasteiger partial charge is 0.233 e. The number of ether oxygens (including phenoxy) is 1. The van der Waals surface area contributed by atoms with E-state index < -0.39 is 0 Å². The fourth-order valence-corrected chi connectivity index (χ4v) is 3.02. The number of halogens is 1. The largest absolute Gasteiger partial charge is 0.480 e. The van der Waals surface area contributed by atoms with Crippen LogP contribution in [0.2, 0.25) is 0 Å². The van der Waals surface area contributed by atoms with E-state index in [4.69, 9.17) is 16.3 Å². The number of aromatic nitrogens is 2. The van der Waals surface area contributed by atoms with Crippen LogP contribution in [0.25, 0.3) is 0 Å². The van der Waals surface area contributed by atoms with E-state index in [-0.39, 0.29) is 5.54 Å². The molecular weight excluding hydrogens is 250 g/mol. The third-order valence-electron chi connectivity index (χ3n) is 3.56. The van der Waals surface area contributed by atoms with Gasteiger partial charge >= 0.3 is 0 Å². The molecule has 100 valence electrons. The number of alkyl halides is 1. The molecule has 2 atom stereocenters. The molecule has 1 aromatic heterocycles. The van der Waals surface area contributed by atoms with Crippen molar-refractivity contribution in [1.82, 2.24) is 9.97 Å². The number of hydrogen-bond acceptors (Lipinski definition) is 4. The maximum atomic E-state index is 6.18. The molecule has 0 amide bonds. The summed E-state index contributed by atoms with van der Waals surface area (Å²) in [5.74, 6) is 2.55. The van der Waals surface area contributed by atoms with Crippen molar-refractivity contribution < 1.29 is 4.74 Å². The Morgan fingerprint density at radius 3 is 3.06 bits per heavy atom. The summed E-state index contributed by atoms with van der Waals surface area (Å²) in [7, 11) is 1.59. The van der Waals surface area contributed by atoms with Crippen molar-refractivity contribution in [2.24, 2.45) is 5.92 Å². The van der Waals surface area contributed by atoms with Gasteiger partial charge in [-0.15, -0.1) is 11.6 Å². The number of hydrogen-bond donors (Lipinski definition) is 1. The van der Waals surface area contributed by atoms with E-state index in [0.29, 0.717) is 17.7 Å². The second-order valence-corrected chi connectivity index (χ2v) is 5.45. The van der Waals surface area contributed by atoms with Crippen molar-refractivity contribution in [2.75, 3.05) is 18.3 Å². The van der Waals surface area contributed by atoms with E-state index in [0.717, 1.165) is 18.7 Å². The van der Waals surface area contributed by atoms with Crippen LogP contribution in [0.3, 0.4) is 0 Å². The zero-order chi connectivity index (χ0) is 13.0. The molecule has 0 aliphatic heterocycles. The molecule has 0 spiro atoms. The van der Waals surface area contributed by atoms with Gasteiger partial charge in [0.15, 0.2) is 0 Å². The SMILES string of the molecule is COc1cncc(NC2(CCl)CCCC(C)C2)n1. The Bertz CT molecular complexity index is 402. The van der Waals surface area contributed by atoms with E-state index in [1.807, 2.05) is 0 Å². The number of rotatable bonds is 4. The van der Waals surface area contributed by atoms with Crippen LogP contribution >= 0.6 is 11.6 Å². The summed E-state index contributed by atoms with van der Waals surface area (Å²) in [4.78, 5) is 8.46. The van der Waals surface area contributed by atoms with Crippen molar-refractivity contribution in [2.45, 2.75) is 38.1 Å². The molecule has 1 fully saturated rings. The molecule has 0 saturated heterocycles. The van der Waals surface area contributed by atoms with Crippen LogP contribution in [0.1, 0.15) is 32.6 Å². The quantitative estimate of drug-likeness (QED) is 0.854. The zero-order valence-electron chi connectivity index (χ0n) is 10.9. The molecule has 4 nitrogen and oxygen atoms in total. The molecule has 0 aromatic carbocycles. The van der Waals surface area contributed by atoms with Crippen molar-refractivity contribution in [3.8, 4) is 5.88 Å². The third kappa shape index (κ3) is 3.05. The Morgan fingerprint density at radius 2 is 2.39 bits per heavy atom. The van der Waals surface area contributed by atoms with Crippen molar-refractivity contribution in [3.63, 3.8) is 0 Å². The molecule has 0 bridgehead atoms. The minimum Gasteiger partial charge on any atom is -0.480 e.